The third kappa shape index (κ3) is 5.50. The lowest BCUT2D eigenvalue weighted by Gasteiger charge is -2.39. The van der Waals surface area contributed by atoms with Gasteiger partial charge in [0.05, 0.1) is 0 Å². The molecule has 0 unspecified atom stereocenters. The molecule has 0 radical (unpaired) electrons. The fourth-order valence-corrected chi connectivity index (χ4v) is 3.76. The zero-order valence-corrected chi connectivity index (χ0v) is 18.7. The summed E-state index contributed by atoms with van der Waals surface area (Å²) in [7, 11) is 0. The fraction of sp³-hybridized carbons (Fsp3) is 0.280. The number of allylic oxidation sites excluding steroid dienone is 1. The van der Waals surface area contributed by atoms with Gasteiger partial charge in [-0.3, -0.25) is 4.79 Å². The molecule has 0 aromatic heterocycles. The van der Waals surface area contributed by atoms with Crippen molar-refractivity contribution in [2.45, 2.75) is 37.1 Å². The number of benzene rings is 2. The van der Waals surface area contributed by atoms with E-state index in [0.717, 1.165) is 6.08 Å². The highest BCUT2D eigenvalue weighted by Crippen LogP contribution is 2.32. The van der Waals surface area contributed by atoms with Crippen molar-refractivity contribution in [2.75, 3.05) is 6.61 Å². The van der Waals surface area contributed by atoms with Gasteiger partial charge in [-0.25, -0.2) is 4.79 Å². The Bertz CT molecular complexity index is 1220. The van der Waals surface area contributed by atoms with Crippen LogP contribution in [0.2, 0.25) is 0 Å². The number of ketones is 1. The predicted octanol–water partition coefficient (Wildman–Crippen LogP) is 0.385. The van der Waals surface area contributed by atoms with Crippen LogP contribution in [-0.2, 0) is 25.5 Å². The van der Waals surface area contributed by atoms with Crippen molar-refractivity contribution in [3.05, 3.63) is 59.2 Å². The van der Waals surface area contributed by atoms with E-state index in [0.29, 0.717) is 11.1 Å². The number of aliphatic hydroxyl groups excluding tert-OH is 3. The molecule has 6 N–H and O–H groups in total. The van der Waals surface area contributed by atoms with Crippen LogP contribution < -0.4 is 4.74 Å². The lowest BCUT2D eigenvalue weighted by Crippen LogP contribution is -2.60. The maximum atomic E-state index is 12.5. The molecule has 3 heterocycles. The van der Waals surface area contributed by atoms with Crippen LogP contribution in [0, 0.1) is 0 Å². The molecule has 0 spiro atoms. The standard InChI is InChI=1S/C25H24O11/c26-15-4-1-12-2-5-19(18(29)7-12)35-25-24(33)23(32)22(31)20(36-25)11-34-21(30)6-3-13-9-16(27)17(28)10-14(13)8-15/h1-7,9-10,20,22-25,27-29,31-33H,8,11H2/b4-1-,6-3-/t20-,22-,23+,24-,25-/m1/s1. The summed E-state index contributed by atoms with van der Waals surface area (Å²) in [6, 6.07) is 6.56. The molecule has 5 rings (SSSR count). The normalized spacial score (nSPS) is 28.6. The summed E-state index contributed by atoms with van der Waals surface area (Å²) in [5.41, 5.74) is 1.03. The van der Waals surface area contributed by atoms with Gasteiger partial charge in [0.25, 0.3) is 0 Å². The number of hydrogen-bond donors (Lipinski definition) is 6. The zero-order chi connectivity index (χ0) is 26.0. The minimum atomic E-state index is -1.70. The third-order valence-electron chi connectivity index (χ3n) is 5.75. The van der Waals surface area contributed by atoms with Gasteiger partial charge in [0.1, 0.15) is 31.0 Å². The number of esters is 1. The van der Waals surface area contributed by atoms with Crippen LogP contribution in [0.3, 0.4) is 0 Å². The molecular formula is C25H24O11. The Hall–Kier alpha value is -3.90. The Morgan fingerprint density at radius 3 is 2.28 bits per heavy atom. The van der Waals surface area contributed by atoms with Crippen LogP contribution in [0.1, 0.15) is 16.7 Å². The first-order chi connectivity index (χ1) is 17.1. The van der Waals surface area contributed by atoms with E-state index in [1.807, 2.05) is 0 Å². The lowest BCUT2D eigenvalue weighted by atomic mass is 9.99. The number of phenolic OH excluding ortho intramolecular Hbond substituents is 3. The predicted molar refractivity (Wildman–Crippen MR) is 123 cm³/mol. The second-order valence-electron chi connectivity index (χ2n) is 8.34. The van der Waals surface area contributed by atoms with Gasteiger partial charge >= 0.3 is 5.97 Å². The molecule has 1 fully saturated rings. The SMILES string of the molecule is O=C1/C=C\c2ccc(c(O)c2)O[C@@H]2O[C@H](COC(=O)/C=C\c3cc(O)c(O)cc3C1)[C@@H](O)[C@H](O)[C@H]2O. The summed E-state index contributed by atoms with van der Waals surface area (Å²) in [5.74, 6) is -2.60. The van der Waals surface area contributed by atoms with Crippen molar-refractivity contribution in [3.63, 3.8) is 0 Å². The van der Waals surface area contributed by atoms with Gasteiger partial charge in [-0.05, 0) is 53.1 Å². The van der Waals surface area contributed by atoms with E-state index in [-0.39, 0.29) is 29.3 Å². The van der Waals surface area contributed by atoms with Crippen LogP contribution in [0.5, 0.6) is 23.0 Å². The molecule has 2 aromatic rings. The average Bonchev–Trinajstić information content (AvgIpc) is 2.84. The van der Waals surface area contributed by atoms with Crippen molar-refractivity contribution in [1.29, 1.82) is 0 Å². The number of fused-ring (bicyclic) bond motifs is 7. The van der Waals surface area contributed by atoms with Crippen molar-refractivity contribution in [1.82, 2.24) is 0 Å². The molecule has 4 bridgehead atoms. The smallest absolute Gasteiger partial charge is 0.330 e. The molecule has 3 aliphatic rings. The Balaban J connectivity index is 1.70. The van der Waals surface area contributed by atoms with Crippen LogP contribution in [0.15, 0.2) is 42.5 Å². The summed E-state index contributed by atoms with van der Waals surface area (Å²) in [6.45, 7) is -0.519. The number of hydrogen-bond acceptors (Lipinski definition) is 11. The largest absolute Gasteiger partial charge is 0.504 e. The van der Waals surface area contributed by atoms with Crippen LogP contribution in [0.25, 0.3) is 12.2 Å². The number of rotatable bonds is 0. The van der Waals surface area contributed by atoms with E-state index in [2.05, 4.69) is 0 Å². The van der Waals surface area contributed by atoms with Crippen LogP contribution >= 0.6 is 0 Å². The third-order valence-corrected chi connectivity index (χ3v) is 5.75. The molecule has 0 aliphatic carbocycles. The first-order valence-electron chi connectivity index (χ1n) is 10.9. The van der Waals surface area contributed by atoms with Gasteiger partial charge in [0, 0.05) is 12.5 Å². The summed E-state index contributed by atoms with van der Waals surface area (Å²) in [5, 5.41) is 60.8. The van der Waals surface area contributed by atoms with E-state index < -0.39 is 54.8 Å². The molecule has 2 aromatic carbocycles. The average molecular weight is 500 g/mol. The Kier molecular flexibility index (Phi) is 7.27. The van der Waals surface area contributed by atoms with Gasteiger partial charge in [-0.15, -0.1) is 0 Å². The number of aromatic hydroxyl groups is 3. The molecule has 190 valence electrons. The molecule has 1 saturated heterocycles. The maximum Gasteiger partial charge on any atom is 0.330 e. The van der Waals surface area contributed by atoms with E-state index >= 15 is 0 Å². The Morgan fingerprint density at radius 1 is 0.778 bits per heavy atom. The topological polar surface area (TPSA) is 183 Å². The lowest BCUT2D eigenvalue weighted by molar-refractivity contribution is -0.278. The van der Waals surface area contributed by atoms with Gasteiger partial charge in [0.15, 0.2) is 28.8 Å². The van der Waals surface area contributed by atoms with Gasteiger partial charge in [0.2, 0.25) is 6.29 Å². The first-order valence-corrected chi connectivity index (χ1v) is 10.9. The quantitative estimate of drug-likeness (QED) is 0.217. The highest BCUT2D eigenvalue weighted by atomic mass is 16.7. The first kappa shape index (κ1) is 25.2. The summed E-state index contributed by atoms with van der Waals surface area (Å²) in [6.07, 6.45) is -2.97. The second kappa shape index (κ2) is 10.4. The fourth-order valence-electron chi connectivity index (χ4n) is 3.76. The molecular weight excluding hydrogens is 476 g/mol. The number of aliphatic hydroxyl groups is 3. The van der Waals surface area contributed by atoms with Gasteiger partial charge in [-0.1, -0.05) is 12.1 Å². The van der Waals surface area contributed by atoms with Gasteiger partial charge in [-0.2, -0.15) is 0 Å². The minimum Gasteiger partial charge on any atom is -0.504 e. The number of ether oxygens (including phenoxy) is 3. The van der Waals surface area contributed by atoms with Crippen molar-refractivity contribution in [3.8, 4) is 23.0 Å². The molecule has 0 saturated carbocycles. The van der Waals surface area contributed by atoms with Crippen LogP contribution in [0.4, 0.5) is 0 Å². The summed E-state index contributed by atoms with van der Waals surface area (Å²) < 4.78 is 16.1. The summed E-state index contributed by atoms with van der Waals surface area (Å²) in [4.78, 5) is 24.8. The zero-order valence-electron chi connectivity index (χ0n) is 18.7. The van der Waals surface area contributed by atoms with E-state index in [1.165, 1.54) is 48.6 Å². The number of carbonyl (C=O) groups is 2. The number of carbonyl (C=O) groups excluding carboxylic acids is 2. The molecule has 11 nitrogen and oxygen atoms in total. The van der Waals surface area contributed by atoms with Crippen LogP contribution in [-0.4, -0.2) is 79.7 Å². The monoisotopic (exact) mass is 500 g/mol. The Labute approximate surface area is 204 Å². The van der Waals surface area contributed by atoms with E-state index in [9.17, 15) is 40.2 Å². The van der Waals surface area contributed by atoms with Crippen molar-refractivity contribution < 1.29 is 54.4 Å². The highest BCUT2D eigenvalue weighted by Gasteiger charge is 2.45. The second-order valence-corrected chi connectivity index (χ2v) is 8.34. The van der Waals surface area contributed by atoms with Gasteiger partial charge < -0.3 is 44.8 Å². The molecule has 3 aliphatic heterocycles. The van der Waals surface area contributed by atoms with E-state index in [1.54, 1.807) is 0 Å². The minimum absolute atomic E-state index is 0.105. The molecule has 0 amide bonds. The molecule has 36 heavy (non-hydrogen) atoms. The Morgan fingerprint density at radius 2 is 1.53 bits per heavy atom. The molecule has 11 heteroatoms. The van der Waals surface area contributed by atoms with Crippen molar-refractivity contribution in [2.24, 2.45) is 0 Å². The molecule has 5 atom stereocenters. The highest BCUT2D eigenvalue weighted by molar-refractivity contribution is 5.96. The maximum absolute atomic E-state index is 12.5. The van der Waals surface area contributed by atoms with E-state index in [4.69, 9.17) is 14.2 Å². The van der Waals surface area contributed by atoms with Crippen molar-refractivity contribution >= 4 is 23.9 Å². The summed E-state index contributed by atoms with van der Waals surface area (Å²) >= 11 is 0. The number of phenols is 3.